The van der Waals surface area contributed by atoms with E-state index in [0.717, 1.165) is 25.9 Å². The SMILES string of the molecule is CCN1CCCCC1CNCC(F)(F)F. The van der Waals surface area contributed by atoms with Gasteiger partial charge in [-0.05, 0) is 25.9 Å². The van der Waals surface area contributed by atoms with Crippen molar-refractivity contribution in [3.05, 3.63) is 0 Å². The number of likely N-dealkylation sites (tertiary alicyclic amines) is 1. The first-order chi connectivity index (χ1) is 7.03. The van der Waals surface area contributed by atoms with Crippen LogP contribution in [0.4, 0.5) is 13.2 Å². The fourth-order valence-electron chi connectivity index (χ4n) is 2.09. The lowest BCUT2D eigenvalue weighted by Crippen LogP contribution is -2.46. The van der Waals surface area contributed by atoms with Crippen molar-refractivity contribution in [1.82, 2.24) is 10.2 Å². The van der Waals surface area contributed by atoms with Gasteiger partial charge in [0.05, 0.1) is 6.54 Å². The largest absolute Gasteiger partial charge is 0.401 e. The van der Waals surface area contributed by atoms with Gasteiger partial charge in [0.15, 0.2) is 0 Å². The minimum absolute atomic E-state index is 0.283. The summed E-state index contributed by atoms with van der Waals surface area (Å²) in [5.74, 6) is 0. The van der Waals surface area contributed by atoms with E-state index in [4.69, 9.17) is 0 Å². The molecule has 0 aromatic heterocycles. The monoisotopic (exact) mass is 224 g/mol. The predicted molar refractivity (Wildman–Crippen MR) is 53.8 cm³/mol. The lowest BCUT2D eigenvalue weighted by atomic mass is 10.0. The average molecular weight is 224 g/mol. The third kappa shape index (κ3) is 4.84. The van der Waals surface area contributed by atoms with Crippen LogP contribution in [0.3, 0.4) is 0 Å². The molecule has 0 amide bonds. The van der Waals surface area contributed by atoms with E-state index in [1.54, 1.807) is 0 Å². The number of rotatable bonds is 4. The lowest BCUT2D eigenvalue weighted by Gasteiger charge is -2.35. The van der Waals surface area contributed by atoms with Crippen LogP contribution in [-0.2, 0) is 0 Å². The Hall–Kier alpha value is -0.290. The Morgan fingerprint density at radius 3 is 2.67 bits per heavy atom. The lowest BCUT2D eigenvalue weighted by molar-refractivity contribution is -0.125. The van der Waals surface area contributed by atoms with Crippen LogP contribution in [0.5, 0.6) is 0 Å². The molecular formula is C10H19F3N2. The van der Waals surface area contributed by atoms with Crippen molar-refractivity contribution in [3.63, 3.8) is 0 Å². The maximum Gasteiger partial charge on any atom is 0.401 e. The molecular weight excluding hydrogens is 205 g/mol. The predicted octanol–water partition coefficient (Wildman–Crippen LogP) is 2.01. The number of hydrogen-bond donors (Lipinski definition) is 1. The van der Waals surface area contributed by atoms with Gasteiger partial charge in [0.25, 0.3) is 0 Å². The normalized spacial score (nSPS) is 24.4. The number of alkyl halides is 3. The number of piperidine rings is 1. The molecule has 90 valence electrons. The minimum Gasteiger partial charge on any atom is -0.307 e. The van der Waals surface area contributed by atoms with E-state index in [2.05, 4.69) is 17.1 Å². The number of hydrogen-bond acceptors (Lipinski definition) is 2. The van der Waals surface area contributed by atoms with Crippen molar-refractivity contribution >= 4 is 0 Å². The first kappa shape index (κ1) is 12.8. The van der Waals surface area contributed by atoms with Crippen molar-refractivity contribution in [2.75, 3.05) is 26.2 Å². The van der Waals surface area contributed by atoms with Gasteiger partial charge in [-0.3, -0.25) is 4.90 Å². The first-order valence-electron chi connectivity index (χ1n) is 5.54. The first-order valence-corrected chi connectivity index (χ1v) is 5.54. The molecule has 0 radical (unpaired) electrons. The molecule has 15 heavy (non-hydrogen) atoms. The molecule has 1 unspecified atom stereocenters. The van der Waals surface area contributed by atoms with Gasteiger partial charge in [-0.1, -0.05) is 13.3 Å². The van der Waals surface area contributed by atoms with E-state index in [9.17, 15) is 13.2 Å². The van der Waals surface area contributed by atoms with Crippen molar-refractivity contribution in [2.45, 2.75) is 38.4 Å². The van der Waals surface area contributed by atoms with Gasteiger partial charge < -0.3 is 5.32 Å². The second kappa shape index (κ2) is 5.70. The summed E-state index contributed by atoms with van der Waals surface area (Å²) in [6, 6.07) is 0.283. The molecule has 0 aromatic carbocycles. The fraction of sp³-hybridized carbons (Fsp3) is 1.00. The third-order valence-electron chi connectivity index (χ3n) is 2.86. The Morgan fingerprint density at radius 2 is 2.07 bits per heavy atom. The fourth-order valence-corrected chi connectivity index (χ4v) is 2.09. The molecule has 1 fully saturated rings. The zero-order chi connectivity index (χ0) is 11.3. The van der Waals surface area contributed by atoms with Crippen LogP contribution in [0.1, 0.15) is 26.2 Å². The second-order valence-electron chi connectivity index (χ2n) is 4.02. The molecule has 1 aliphatic heterocycles. The second-order valence-corrected chi connectivity index (χ2v) is 4.02. The molecule has 1 N–H and O–H groups in total. The highest BCUT2D eigenvalue weighted by Gasteiger charge is 2.27. The van der Waals surface area contributed by atoms with Gasteiger partial charge in [0.2, 0.25) is 0 Å². The number of nitrogens with zero attached hydrogens (tertiary/aromatic N) is 1. The van der Waals surface area contributed by atoms with E-state index in [0.29, 0.717) is 6.54 Å². The Balaban J connectivity index is 2.23. The molecule has 0 aliphatic carbocycles. The summed E-state index contributed by atoms with van der Waals surface area (Å²) >= 11 is 0. The van der Waals surface area contributed by atoms with E-state index in [1.807, 2.05) is 0 Å². The van der Waals surface area contributed by atoms with Crippen LogP contribution >= 0.6 is 0 Å². The maximum absolute atomic E-state index is 11.9. The van der Waals surface area contributed by atoms with Crippen LogP contribution in [-0.4, -0.2) is 43.3 Å². The molecule has 1 atom stereocenters. The third-order valence-corrected chi connectivity index (χ3v) is 2.86. The Kier molecular flexibility index (Phi) is 4.86. The van der Waals surface area contributed by atoms with E-state index in [1.165, 1.54) is 6.42 Å². The molecule has 0 aromatic rings. The van der Waals surface area contributed by atoms with Crippen molar-refractivity contribution in [1.29, 1.82) is 0 Å². The summed E-state index contributed by atoms with van der Waals surface area (Å²) < 4.78 is 35.7. The Labute approximate surface area is 88.8 Å². The Morgan fingerprint density at radius 1 is 1.33 bits per heavy atom. The van der Waals surface area contributed by atoms with Gasteiger partial charge in [-0.15, -0.1) is 0 Å². The quantitative estimate of drug-likeness (QED) is 0.786. The van der Waals surface area contributed by atoms with Gasteiger partial charge >= 0.3 is 6.18 Å². The summed E-state index contributed by atoms with van der Waals surface area (Å²) in [6.45, 7) is 3.59. The highest BCUT2D eigenvalue weighted by molar-refractivity contribution is 4.78. The summed E-state index contributed by atoms with van der Waals surface area (Å²) in [5, 5.41) is 2.49. The zero-order valence-corrected chi connectivity index (χ0v) is 9.11. The Bertz CT molecular complexity index is 182. The molecule has 1 aliphatic rings. The van der Waals surface area contributed by atoms with E-state index >= 15 is 0 Å². The molecule has 1 heterocycles. The van der Waals surface area contributed by atoms with Crippen LogP contribution in [0.15, 0.2) is 0 Å². The number of likely N-dealkylation sites (N-methyl/N-ethyl adjacent to an activating group) is 1. The van der Waals surface area contributed by atoms with E-state index in [-0.39, 0.29) is 6.04 Å². The molecule has 0 saturated carbocycles. The average Bonchev–Trinajstić information content (AvgIpc) is 2.16. The maximum atomic E-state index is 11.9. The molecule has 2 nitrogen and oxygen atoms in total. The summed E-state index contributed by atoms with van der Waals surface area (Å²) in [7, 11) is 0. The van der Waals surface area contributed by atoms with Crippen LogP contribution in [0.2, 0.25) is 0 Å². The number of halogens is 3. The molecule has 1 saturated heterocycles. The van der Waals surface area contributed by atoms with Gasteiger partial charge in [-0.25, -0.2) is 0 Å². The van der Waals surface area contributed by atoms with Crippen molar-refractivity contribution in [2.24, 2.45) is 0 Å². The zero-order valence-electron chi connectivity index (χ0n) is 9.11. The molecule has 1 rings (SSSR count). The van der Waals surface area contributed by atoms with Crippen molar-refractivity contribution in [3.8, 4) is 0 Å². The highest BCUT2D eigenvalue weighted by atomic mass is 19.4. The van der Waals surface area contributed by atoms with E-state index < -0.39 is 12.7 Å². The molecule has 5 heteroatoms. The van der Waals surface area contributed by atoms with Crippen LogP contribution in [0.25, 0.3) is 0 Å². The summed E-state index contributed by atoms with van der Waals surface area (Å²) in [6.07, 6.45) is -0.775. The topological polar surface area (TPSA) is 15.3 Å². The van der Waals surface area contributed by atoms with Crippen LogP contribution in [0, 0.1) is 0 Å². The number of nitrogens with one attached hydrogen (secondary N) is 1. The van der Waals surface area contributed by atoms with Gasteiger partial charge in [-0.2, -0.15) is 13.2 Å². The highest BCUT2D eigenvalue weighted by Crippen LogP contribution is 2.17. The van der Waals surface area contributed by atoms with Gasteiger partial charge in [0.1, 0.15) is 0 Å². The van der Waals surface area contributed by atoms with Gasteiger partial charge in [0, 0.05) is 12.6 Å². The molecule has 0 bridgehead atoms. The molecule has 0 spiro atoms. The summed E-state index contributed by atoms with van der Waals surface area (Å²) in [5.41, 5.74) is 0. The summed E-state index contributed by atoms with van der Waals surface area (Å²) in [4.78, 5) is 2.26. The minimum atomic E-state index is -4.09. The van der Waals surface area contributed by atoms with Crippen LogP contribution < -0.4 is 5.32 Å². The van der Waals surface area contributed by atoms with Crippen molar-refractivity contribution < 1.29 is 13.2 Å². The standard InChI is InChI=1S/C10H19F3N2/c1-2-15-6-4-3-5-9(15)7-14-8-10(11,12)13/h9,14H,2-8H2,1H3. The smallest absolute Gasteiger partial charge is 0.307 e.